The van der Waals surface area contributed by atoms with Crippen LogP contribution in [0, 0.1) is 11.8 Å². The molecule has 1 aromatic rings. The number of benzene rings is 1. The maximum atomic E-state index is 14.4. The van der Waals surface area contributed by atoms with E-state index in [1.54, 1.807) is 41.3 Å². The second kappa shape index (κ2) is 11.9. The SMILES string of the molecule is C=CCN(CCC)C(=O)[C@H]1[C@@H]2OC3(CC2Br)C(C(=O)N(CC=C)c2ccccc2Cl)N(CCCO)C(=O)[C@H]13. The second-order valence-corrected chi connectivity index (χ2v) is 11.6. The van der Waals surface area contributed by atoms with Gasteiger partial charge in [0.1, 0.15) is 11.6 Å². The number of aliphatic hydroxyl groups is 1. The van der Waals surface area contributed by atoms with Crippen LogP contribution in [0.4, 0.5) is 5.69 Å². The summed E-state index contributed by atoms with van der Waals surface area (Å²) in [4.78, 5) is 46.9. The fraction of sp³-hybridized carbons (Fsp3) is 0.536. The molecule has 6 atom stereocenters. The van der Waals surface area contributed by atoms with Crippen molar-refractivity contribution in [2.45, 2.75) is 48.8 Å². The molecule has 38 heavy (non-hydrogen) atoms. The van der Waals surface area contributed by atoms with Gasteiger partial charge in [-0.05, 0) is 31.4 Å². The van der Waals surface area contributed by atoms with Crippen molar-refractivity contribution in [3.63, 3.8) is 0 Å². The van der Waals surface area contributed by atoms with E-state index in [-0.39, 0.29) is 42.2 Å². The maximum absolute atomic E-state index is 14.4. The van der Waals surface area contributed by atoms with Crippen LogP contribution in [0.5, 0.6) is 0 Å². The molecular formula is C28H35BrClN3O5. The molecule has 0 aromatic heterocycles. The first-order valence-corrected chi connectivity index (χ1v) is 14.4. The van der Waals surface area contributed by atoms with Crippen molar-refractivity contribution < 1.29 is 24.2 Å². The zero-order valence-corrected chi connectivity index (χ0v) is 23.9. The highest BCUT2D eigenvalue weighted by atomic mass is 79.9. The van der Waals surface area contributed by atoms with Gasteiger partial charge in [0.05, 0.1) is 28.6 Å². The van der Waals surface area contributed by atoms with E-state index in [4.69, 9.17) is 16.3 Å². The highest BCUT2D eigenvalue weighted by Crippen LogP contribution is 2.60. The molecule has 3 heterocycles. The van der Waals surface area contributed by atoms with Gasteiger partial charge in [0, 0.05) is 37.6 Å². The summed E-state index contributed by atoms with van der Waals surface area (Å²) in [5, 5.41) is 9.97. The molecule has 1 N–H and O–H groups in total. The number of nitrogens with zero attached hydrogens (tertiary/aromatic N) is 3. The van der Waals surface area contributed by atoms with Crippen LogP contribution in [0.25, 0.3) is 0 Å². The number of ether oxygens (including phenoxy) is 1. The number of alkyl halides is 1. The molecule has 0 aliphatic carbocycles. The van der Waals surface area contributed by atoms with Crippen LogP contribution in [0.3, 0.4) is 0 Å². The quantitative estimate of drug-likeness (QED) is 0.290. The van der Waals surface area contributed by atoms with Gasteiger partial charge in [-0.25, -0.2) is 0 Å². The topological polar surface area (TPSA) is 90.4 Å². The van der Waals surface area contributed by atoms with Gasteiger partial charge in [0.2, 0.25) is 11.8 Å². The van der Waals surface area contributed by atoms with Crippen LogP contribution in [-0.4, -0.2) is 88.0 Å². The molecule has 3 unspecified atom stereocenters. The monoisotopic (exact) mass is 607 g/mol. The van der Waals surface area contributed by atoms with Gasteiger partial charge in [0.25, 0.3) is 5.91 Å². The number of carbonyl (C=O) groups excluding carboxylic acids is 3. The predicted molar refractivity (Wildman–Crippen MR) is 150 cm³/mol. The summed E-state index contributed by atoms with van der Waals surface area (Å²) >= 11 is 10.2. The molecule has 1 spiro atoms. The number of likely N-dealkylation sites (tertiary alicyclic amines) is 1. The molecule has 3 aliphatic heterocycles. The first kappa shape index (κ1) is 28.8. The van der Waals surface area contributed by atoms with Crippen LogP contribution in [0.15, 0.2) is 49.6 Å². The van der Waals surface area contributed by atoms with Crippen LogP contribution < -0.4 is 4.90 Å². The summed E-state index contributed by atoms with van der Waals surface area (Å²) in [7, 11) is 0. The molecule has 3 aliphatic rings. The lowest BCUT2D eigenvalue weighted by atomic mass is 9.70. The third-order valence-corrected chi connectivity index (χ3v) is 8.91. The van der Waals surface area contributed by atoms with Crippen molar-refractivity contribution in [3.05, 3.63) is 54.6 Å². The van der Waals surface area contributed by atoms with Crippen LogP contribution in [0.2, 0.25) is 5.02 Å². The number of para-hydroxylation sites is 1. The van der Waals surface area contributed by atoms with Gasteiger partial charge in [-0.1, -0.05) is 58.7 Å². The average molecular weight is 609 g/mol. The Morgan fingerprint density at radius 2 is 1.97 bits per heavy atom. The summed E-state index contributed by atoms with van der Waals surface area (Å²) in [5.74, 6) is -2.33. The van der Waals surface area contributed by atoms with Crippen molar-refractivity contribution in [1.82, 2.24) is 9.80 Å². The molecule has 0 saturated carbocycles. The minimum Gasteiger partial charge on any atom is -0.396 e. The molecule has 3 fully saturated rings. The number of aliphatic hydroxyl groups excluding tert-OH is 1. The van der Waals surface area contributed by atoms with E-state index in [0.717, 1.165) is 6.42 Å². The van der Waals surface area contributed by atoms with Gasteiger partial charge in [0.15, 0.2) is 0 Å². The van der Waals surface area contributed by atoms with Gasteiger partial charge >= 0.3 is 0 Å². The summed E-state index contributed by atoms with van der Waals surface area (Å²) in [6, 6.07) is 6.04. The molecule has 0 radical (unpaired) electrons. The van der Waals surface area contributed by atoms with E-state index in [1.165, 1.54) is 9.80 Å². The number of amides is 3. The Hall–Kier alpha value is -2.20. The number of fused-ring (bicyclic) bond motifs is 1. The van der Waals surface area contributed by atoms with E-state index >= 15 is 0 Å². The normalized spacial score (nSPS) is 29.3. The molecule has 1 aromatic carbocycles. The smallest absolute Gasteiger partial charge is 0.253 e. The van der Waals surface area contributed by atoms with E-state index < -0.39 is 29.6 Å². The number of halogens is 2. The minimum absolute atomic E-state index is 0.139. The highest BCUT2D eigenvalue weighted by molar-refractivity contribution is 9.09. The molecular weight excluding hydrogens is 574 g/mol. The highest BCUT2D eigenvalue weighted by Gasteiger charge is 2.76. The minimum atomic E-state index is -1.18. The first-order valence-electron chi connectivity index (χ1n) is 13.1. The number of rotatable bonds is 12. The fourth-order valence-electron chi connectivity index (χ4n) is 6.36. The summed E-state index contributed by atoms with van der Waals surface area (Å²) in [5.41, 5.74) is -0.681. The van der Waals surface area contributed by atoms with E-state index in [1.807, 2.05) is 6.92 Å². The van der Waals surface area contributed by atoms with Crippen molar-refractivity contribution in [2.75, 3.05) is 37.7 Å². The Labute approximate surface area is 237 Å². The Kier molecular flexibility index (Phi) is 9.02. The molecule has 8 nitrogen and oxygen atoms in total. The Bertz CT molecular complexity index is 1100. The van der Waals surface area contributed by atoms with Gasteiger partial charge in [-0.3, -0.25) is 14.4 Å². The molecule has 3 saturated heterocycles. The molecule has 4 rings (SSSR count). The van der Waals surface area contributed by atoms with Crippen LogP contribution >= 0.6 is 27.5 Å². The third kappa shape index (κ3) is 4.72. The Balaban J connectivity index is 1.79. The summed E-state index contributed by atoms with van der Waals surface area (Å²) < 4.78 is 6.59. The number of hydrogen-bond acceptors (Lipinski definition) is 5. The maximum Gasteiger partial charge on any atom is 0.253 e. The summed E-state index contributed by atoms with van der Waals surface area (Å²) in [6.45, 7) is 10.7. The average Bonchev–Trinajstić information content (AvgIpc) is 3.49. The number of anilines is 1. The van der Waals surface area contributed by atoms with E-state index in [0.29, 0.717) is 36.6 Å². The molecule has 206 valence electrons. The number of hydrogen-bond donors (Lipinski definition) is 1. The Morgan fingerprint density at radius 1 is 1.26 bits per heavy atom. The third-order valence-electron chi connectivity index (χ3n) is 7.74. The van der Waals surface area contributed by atoms with Gasteiger partial charge in [-0.2, -0.15) is 0 Å². The van der Waals surface area contributed by atoms with Crippen molar-refractivity contribution in [1.29, 1.82) is 0 Å². The zero-order valence-electron chi connectivity index (χ0n) is 21.6. The lowest BCUT2D eigenvalue weighted by Gasteiger charge is -2.37. The lowest BCUT2D eigenvalue weighted by Crippen LogP contribution is -2.57. The molecule has 3 amide bonds. The first-order chi connectivity index (χ1) is 18.3. The zero-order chi connectivity index (χ0) is 27.6. The van der Waals surface area contributed by atoms with Gasteiger partial charge in [-0.15, -0.1) is 13.2 Å². The van der Waals surface area contributed by atoms with Crippen molar-refractivity contribution in [2.24, 2.45) is 11.8 Å². The summed E-state index contributed by atoms with van der Waals surface area (Å²) in [6.07, 6.45) is 4.21. The predicted octanol–water partition coefficient (Wildman–Crippen LogP) is 3.41. The molecule has 2 bridgehead atoms. The fourth-order valence-corrected chi connectivity index (χ4v) is 7.54. The Morgan fingerprint density at radius 3 is 2.61 bits per heavy atom. The van der Waals surface area contributed by atoms with E-state index in [2.05, 4.69) is 29.1 Å². The lowest BCUT2D eigenvalue weighted by molar-refractivity contribution is -0.145. The number of carbonyl (C=O) groups is 3. The second-order valence-electron chi connectivity index (χ2n) is 10.0. The van der Waals surface area contributed by atoms with E-state index in [9.17, 15) is 19.5 Å². The van der Waals surface area contributed by atoms with Gasteiger partial charge < -0.3 is 24.5 Å². The van der Waals surface area contributed by atoms with Crippen LogP contribution in [0.1, 0.15) is 26.2 Å². The van der Waals surface area contributed by atoms with Crippen molar-refractivity contribution in [3.8, 4) is 0 Å². The largest absolute Gasteiger partial charge is 0.396 e. The molecule has 10 heteroatoms. The van der Waals surface area contributed by atoms with Crippen molar-refractivity contribution >= 4 is 50.9 Å². The van der Waals surface area contributed by atoms with Crippen LogP contribution in [-0.2, 0) is 19.1 Å². The standard InChI is InChI=1S/C28H35BrClN3O5/c1-4-12-31(13-5-2)25(35)21-22-26(36)33(15-9-16-34)24(28(22)17-18(29)23(21)38-28)27(37)32(14-6-3)20-11-8-7-10-19(20)30/h4,6-8,10-11,18,21-24,34H,1,3,5,9,12-17H2,2H3/t18?,21-,22+,23-,24?,28?/m1/s1.